The molecule has 3 aliphatic rings. The smallest absolute Gasteiger partial charge is 0.147 e. The summed E-state index contributed by atoms with van der Waals surface area (Å²) in [5, 5.41) is 0. The first-order valence-electron chi connectivity index (χ1n) is 2.37. The highest BCUT2D eigenvalue weighted by molar-refractivity contribution is 6.24. The number of carbonyl (C=O) groups excluding carboxylic acids is 1. The number of ketones is 1. The molecular formula is C5H4O. The van der Waals surface area contributed by atoms with E-state index in [-0.39, 0.29) is 0 Å². The third-order valence-corrected chi connectivity index (χ3v) is 2.68. The third kappa shape index (κ3) is 0.0368. The standard InChI is InChI=1S/C5H4O/c6-3-4-1-5(3,4)2-4/h1-2H2. The normalized spacial score (nSPS) is 78.3. The van der Waals surface area contributed by atoms with Crippen LogP contribution in [0.5, 0.6) is 0 Å². The molecule has 0 aliphatic heterocycles. The lowest BCUT2D eigenvalue weighted by Gasteiger charge is -2.02. The molecule has 6 heavy (non-hydrogen) atoms. The molecule has 3 rings (SSSR count). The van der Waals surface area contributed by atoms with Crippen LogP contribution >= 0.6 is 0 Å². The molecule has 0 aromatic carbocycles. The first-order chi connectivity index (χ1) is 2.82. The van der Waals surface area contributed by atoms with Crippen LogP contribution in [0.1, 0.15) is 12.8 Å². The summed E-state index contributed by atoms with van der Waals surface area (Å²) in [6.07, 6.45) is 2.53. The van der Waals surface area contributed by atoms with Gasteiger partial charge in [-0.3, -0.25) is 4.79 Å². The van der Waals surface area contributed by atoms with Crippen LogP contribution in [0.15, 0.2) is 0 Å². The van der Waals surface area contributed by atoms with E-state index < -0.39 is 0 Å². The van der Waals surface area contributed by atoms with E-state index in [4.69, 9.17) is 0 Å². The molecule has 1 heteroatoms. The highest BCUT2D eigenvalue weighted by Gasteiger charge is 3.06. The summed E-state index contributed by atoms with van der Waals surface area (Å²) in [5.41, 5.74) is 0.764. The summed E-state index contributed by atoms with van der Waals surface area (Å²) in [6, 6.07) is 0. The van der Waals surface area contributed by atoms with Crippen LogP contribution in [0.4, 0.5) is 0 Å². The van der Waals surface area contributed by atoms with E-state index in [1.54, 1.807) is 0 Å². The van der Waals surface area contributed by atoms with Crippen LogP contribution in [0, 0.1) is 10.8 Å². The summed E-state index contributed by atoms with van der Waals surface area (Å²) >= 11 is 0. The maximum Gasteiger partial charge on any atom is 0.147 e. The Morgan fingerprint density at radius 1 is 1.33 bits per heavy atom. The third-order valence-electron chi connectivity index (χ3n) is 2.68. The van der Waals surface area contributed by atoms with Gasteiger partial charge in [0.05, 0.1) is 0 Å². The molecule has 0 atom stereocenters. The molecule has 3 saturated carbocycles. The minimum atomic E-state index is 0.382. The molecule has 0 bridgehead atoms. The number of rotatable bonds is 0. The molecule has 3 aliphatic carbocycles. The van der Waals surface area contributed by atoms with Crippen LogP contribution in [0.3, 0.4) is 0 Å². The zero-order chi connectivity index (χ0) is 3.99. The van der Waals surface area contributed by atoms with Crippen LogP contribution in [0.25, 0.3) is 0 Å². The second kappa shape index (κ2) is 0.226. The van der Waals surface area contributed by atoms with Crippen molar-refractivity contribution in [3.8, 4) is 0 Å². The Labute approximate surface area is 35.3 Å². The fourth-order valence-corrected chi connectivity index (χ4v) is 1.59. The molecule has 0 aromatic heterocycles. The van der Waals surface area contributed by atoms with E-state index in [0.29, 0.717) is 16.6 Å². The molecule has 30 valence electrons. The lowest BCUT2D eigenvalue weighted by molar-refractivity contribution is -0.121. The highest BCUT2D eigenvalue weighted by atomic mass is 16.2. The summed E-state index contributed by atoms with van der Waals surface area (Å²) < 4.78 is 0. The molecule has 0 amide bonds. The van der Waals surface area contributed by atoms with E-state index in [1.165, 1.54) is 12.8 Å². The largest absolute Gasteiger partial charge is 0.298 e. The second-order valence-electron chi connectivity index (χ2n) is 2.85. The Kier molecular flexibility index (Phi) is 0.0793. The summed E-state index contributed by atoms with van der Waals surface area (Å²) in [4.78, 5) is 10.3. The topological polar surface area (TPSA) is 17.1 Å². The van der Waals surface area contributed by atoms with Gasteiger partial charge >= 0.3 is 0 Å². The van der Waals surface area contributed by atoms with Crippen molar-refractivity contribution >= 4 is 5.78 Å². The van der Waals surface area contributed by atoms with Gasteiger partial charge in [-0.05, 0) is 12.8 Å². The van der Waals surface area contributed by atoms with Crippen LogP contribution < -0.4 is 0 Å². The van der Waals surface area contributed by atoms with Gasteiger partial charge in [-0.1, -0.05) is 0 Å². The van der Waals surface area contributed by atoms with Crippen molar-refractivity contribution in [2.24, 2.45) is 10.8 Å². The Bertz CT molecular complexity index is 147. The highest BCUT2D eigenvalue weighted by Crippen LogP contribution is 3.03. The summed E-state index contributed by atoms with van der Waals surface area (Å²) in [5.74, 6) is 0.579. The number of hydrogen-bond acceptors (Lipinski definition) is 1. The van der Waals surface area contributed by atoms with Crippen molar-refractivity contribution in [1.29, 1.82) is 0 Å². The lowest BCUT2D eigenvalue weighted by Crippen LogP contribution is -2.08. The van der Waals surface area contributed by atoms with Crippen molar-refractivity contribution < 1.29 is 4.79 Å². The molecule has 0 saturated heterocycles. The maximum atomic E-state index is 10.3. The molecule has 3 fully saturated rings. The van der Waals surface area contributed by atoms with Crippen molar-refractivity contribution in [3.05, 3.63) is 0 Å². The minimum Gasteiger partial charge on any atom is -0.298 e. The fraction of sp³-hybridized carbons (Fsp3) is 0.800. The van der Waals surface area contributed by atoms with E-state index in [9.17, 15) is 4.79 Å². The Hall–Kier alpha value is -0.330. The maximum absolute atomic E-state index is 10.3. The number of hydrogen-bond donors (Lipinski definition) is 0. The Morgan fingerprint density at radius 3 is 1.67 bits per heavy atom. The molecule has 1 nitrogen and oxygen atoms in total. The zero-order valence-corrected chi connectivity index (χ0v) is 3.32. The van der Waals surface area contributed by atoms with Gasteiger partial charge in [0.2, 0.25) is 0 Å². The van der Waals surface area contributed by atoms with Gasteiger partial charge < -0.3 is 0 Å². The molecule has 0 unspecified atom stereocenters. The van der Waals surface area contributed by atoms with Gasteiger partial charge in [0.15, 0.2) is 0 Å². The van der Waals surface area contributed by atoms with Crippen molar-refractivity contribution in [2.45, 2.75) is 12.8 Å². The first kappa shape index (κ1) is 2.10. The number of Topliss-reactive ketones (excluding diaryl/α,β-unsaturated/α-hetero) is 1. The average molecular weight is 80.1 g/mol. The summed E-state index contributed by atoms with van der Waals surface area (Å²) in [6.45, 7) is 0. The van der Waals surface area contributed by atoms with E-state index in [0.717, 1.165) is 0 Å². The van der Waals surface area contributed by atoms with Gasteiger partial charge in [0.1, 0.15) is 5.78 Å². The van der Waals surface area contributed by atoms with Crippen molar-refractivity contribution in [1.82, 2.24) is 0 Å². The number of carbonyl (C=O) groups is 1. The van der Waals surface area contributed by atoms with Gasteiger partial charge in [-0.25, -0.2) is 0 Å². The zero-order valence-electron chi connectivity index (χ0n) is 3.32. The monoisotopic (exact) mass is 80.0 g/mol. The molecule has 0 aromatic rings. The average Bonchev–Trinajstić information content (AvgIpc) is 2.12. The van der Waals surface area contributed by atoms with Gasteiger partial charge in [-0.15, -0.1) is 0 Å². The molecule has 0 N–H and O–H groups in total. The molecule has 0 heterocycles. The Balaban J connectivity index is 2.47. The lowest BCUT2D eigenvalue weighted by atomic mass is 10.00. The summed E-state index contributed by atoms with van der Waals surface area (Å²) in [7, 11) is 0. The van der Waals surface area contributed by atoms with Gasteiger partial charge in [0, 0.05) is 10.8 Å². The van der Waals surface area contributed by atoms with Crippen LogP contribution in [-0.4, -0.2) is 5.78 Å². The van der Waals surface area contributed by atoms with Gasteiger partial charge in [-0.2, -0.15) is 0 Å². The predicted octanol–water partition coefficient (Wildman–Crippen LogP) is 0.349. The van der Waals surface area contributed by atoms with E-state index in [1.807, 2.05) is 0 Å². The van der Waals surface area contributed by atoms with Crippen molar-refractivity contribution in [2.75, 3.05) is 0 Å². The predicted molar refractivity (Wildman–Crippen MR) is 19.1 cm³/mol. The minimum absolute atomic E-state index is 0.382. The van der Waals surface area contributed by atoms with Crippen molar-refractivity contribution in [3.63, 3.8) is 0 Å². The van der Waals surface area contributed by atoms with Gasteiger partial charge in [0.25, 0.3) is 0 Å². The molecule has 0 radical (unpaired) electrons. The van der Waals surface area contributed by atoms with E-state index >= 15 is 0 Å². The SMILES string of the molecule is O=C1C23CC12C3. The second-order valence-corrected chi connectivity index (χ2v) is 2.85. The quantitative estimate of drug-likeness (QED) is 0.410. The van der Waals surface area contributed by atoms with Crippen LogP contribution in [-0.2, 0) is 4.79 Å². The van der Waals surface area contributed by atoms with Crippen LogP contribution in [0.2, 0.25) is 0 Å². The first-order valence-corrected chi connectivity index (χ1v) is 2.37. The van der Waals surface area contributed by atoms with E-state index in [2.05, 4.69) is 0 Å². The Morgan fingerprint density at radius 2 is 1.67 bits per heavy atom. The molecule has 0 spiro atoms. The fourth-order valence-electron chi connectivity index (χ4n) is 1.59. The molecular weight excluding hydrogens is 76.1 g/mol.